The quantitative estimate of drug-likeness (QED) is 0.373. The molecule has 0 unspecified atom stereocenters. The normalized spacial score (nSPS) is 20.4. The molecule has 1 aromatic heterocycles. The number of nitrogens with zero attached hydrogens (tertiary/aromatic N) is 2. The van der Waals surface area contributed by atoms with Crippen LogP contribution in [-0.2, 0) is 16.0 Å². The average Bonchev–Trinajstić information content (AvgIpc) is 3.73. The van der Waals surface area contributed by atoms with Crippen LogP contribution < -0.4 is 10.6 Å². The number of benzene rings is 2. The van der Waals surface area contributed by atoms with E-state index < -0.39 is 17.7 Å². The van der Waals surface area contributed by atoms with Crippen molar-refractivity contribution < 1.29 is 14.3 Å². The summed E-state index contributed by atoms with van der Waals surface area (Å²) in [5.41, 5.74) is 8.11. The lowest BCUT2D eigenvalue weighted by molar-refractivity contribution is -0.120. The van der Waals surface area contributed by atoms with Crippen LogP contribution in [0.5, 0.6) is 0 Å². The van der Waals surface area contributed by atoms with Crippen molar-refractivity contribution in [3.63, 3.8) is 0 Å². The van der Waals surface area contributed by atoms with Gasteiger partial charge in [0.05, 0.1) is 11.4 Å². The van der Waals surface area contributed by atoms with E-state index in [1.165, 1.54) is 23.1 Å². The fraction of sp³-hybridized carbons (Fsp3) is 0.406. The summed E-state index contributed by atoms with van der Waals surface area (Å²) >= 11 is 0. The zero-order chi connectivity index (χ0) is 27.9. The Kier molecular flexibility index (Phi) is 6.96. The molecular formula is C32H37N5O3. The van der Waals surface area contributed by atoms with Crippen molar-refractivity contribution in [2.24, 2.45) is 0 Å². The molecule has 2 aliphatic heterocycles. The van der Waals surface area contributed by atoms with Gasteiger partial charge < -0.3 is 15.4 Å². The Morgan fingerprint density at radius 3 is 2.58 bits per heavy atom. The minimum Gasteiger partial charge on any atom is -0.444 e. The van der Waals surface area contributed by atoms with Crippen LogP contribution in [-0.4, -0.2) is 51.8 Å². The average molecular weight is 540 g/mol. The topological polar surface area (TPSA) is 99.4 Å². The van der Waals surface area contributed by atoms with E-state index >= 15 is 0 Å². The highest BCUT2D eigenvalue weighted by Gasteiger charge is 2.36. The molecule has 8 nitrogen and oxygen atoms in total. The first kappa shape index (κ1) is 26.3. The number of rotatable bonds is 5. The second-order valence-corrected chi connectivity index (χ2v) is 12.0. The summed E-state index contributed by atoms with van der Waals surface area (Å²) in [5, 5.41) is 14.3. The Balaban J connectivity index is 1.11. The highest BCUT2D eigenvalue weighted by molar-refractivity contribution is 5.98. The zero-order valence-corrected chi connectivity index (χ0v) is 23.4. The highest BCUT2D eigenvalue weighted by atomic mass is 16.6. The van der Waals surface area contributed by atoms with Gasteiger partial charge in [0.15, 0.2) is 0 Å². The molecule has 2 aromatic carbocycles. The van der Waals surface area contributed by atoms with E-state index in [1.807, 2.05) is 32.9 Å². The molecule has 40 heavy (non-hydrogen) atoms. The third-order valence-corrected chi connectivity index (χ3v) is 7.89. The second kappa shape index (κ2) is 10.6. The molecular weight excluding hydrogens is 502 g/mol. The first-order chi connectivity index (χ1) is 19.2. The van der Waals surface area contributed by atoms with Gasteiger partial charge in [-0.05, 0) is 99.9 Å². The first-order valence-corrected chi connectivity index (χ1v) is 14.3. The van der Waals surface area contributed by atoms with Crippen LogP contribution in [0, 0.1) is 0 Å². The monoisotopic (exact) mass is 539 g/mol. The van der Waals surface area contributed by atoms with Crippen LogP contribution in [0.1, 0.15) is 74.9 Å². The number of likely N-dealkylation sites (tertiary alicyclic amines) is 1. The van der Waals surface area contributed by atoms with Gasteiger partial charge in [0.25, 0.3) is 0 Å². The van der Waals surface area contributed by atoms with Gasteiger partial charge in [-0.15, -0.1) is 0 Å². The summed E-state index contributed by atoms with van der Waals surface area (Å²) in [6.45, 7) is 7.09. The van der Waals surface area contributed by atoms with E-state index in [0.717, 1.165) is 54.0 Å². The number of nitrogens with one attached hydrogen (secondary N) is 3. The summed E-state index contributed by atoms with van der Waals surface area (Å²) in [4.78, 5) is 27.3. The lowest BCUT2D eigenvalue weighted by Crippen LogP contribution is -2.45. The molecule has 3 aromatic rings. The number of carbonyl (C=O) groups is 2. The number of aromatic amines is 1. The van der Waals surface area contributed by atoms with Crippen LogP contribution in [0.3, 0.4) is 0 Å². The lowest BCUT2D eigenvalue weighted by atomic mass is 10.0. The van der Waals surface area contributed by atoms with Gasteiger partial charge in [0.1, 0.15) is 11.6 Å². The lowest BCUT2D eigenvalue weighted by Gasteiger charge is -2.28. The zero-order valence-electron chi connectivity index (χ0n) is 23.4. The van der Waals surface area contributed by atoms with Gasteiger partial charge in [-0.25, -0.2) is 4.79 Å². The van der Waals surface area contributed by atoms with Crippen molar-refractivity contribution in [3.8, 4) is 11.3 Å². The number of anilines is 1. The minimum atomic E-state index is -0.597. The van der Waals surface area contributed by atoms with Crippen molar-refractivity contribution in [3.05, 3.63) is 70.9 Å². The number of fused-ring (bicyclic) bond motifs is 1. The first-order valence-electron chi connectivity index (χ1n) is 14.3. The highest BCUT2D eigenvalue weighted by Crippen LogP contribution is 2.34. The van der Waals surface area contributed by atoms with Gasteiger partial charge in [-0.3, -0.25) is 14.8 Å². The maximum atomic E-state index is 13.1. The predicted molar refractivity (Wildman–Crippen MR) is 157 cm³/mol. The Bertz CT molecular complexity index is 1440. The van der Waals surface area contributed by atoms with Gasteiger partial charge in [0.2, 0.25) is 5.91 Å². The maximum Gasteiger partial charge on any atom is 0.410 e. The van der Waals surface area contributed by atoms with Crippen molar-refractivity contribution in [1.82, 2.24) is 20.4 Å². The van der Waals surface area contributed by atoms with E-state index in [9.17, 15) is 9.59 Å². The summed E-state index contributed by atoms with van der Waals surface area (Å²) in [6, 6.07) is 16.6. The Morgan fingerprint density at radius 2 is 1.82 bits per heavy atom. The largest absolute Gasteiger partial charge is 0.444 e. The molecule has 3 heterocycles. The van der Waals surface area contributed by atoms with E-state index in [1.54, 1.807) is 4.90 Å². The van der Waals surface area contributed by atoms with Crippen LogP contribution in [0.2, 0.25) is 0 Å². The van der Waals surface area contributed by atoms with Gasteiger partial charge >= 0.3 is 6.09 Å². The second-order valence-electron chi connectivity index (χ2n) is 12.0. The summed E-state index contributed by atoms with van der Waals surface area (Å²) in [5.74, 6) is -0.175. The number of hydrogen-bond donors (Lipinski definition) is 3. The van der Waals surface area contributed by atoms with Gasteiger partial charge in [0, 0.05) is 23.8 Å². The molecule has 3 aliphatic rings. The molecule has 0 saturated carbocycles. The smallest absolute Gasteiger partial charge is 0.410 e. The van der Waals surface area contributed by atoms with E-state index in [0.29, 0.717) is 19.0 Å². The fourth-order valence-electron chi connectivity index (χ4n) is 5.87. The molecule has 2 saturated heterocycles. The number of aromatic nitrogens is 2. The maximum absolute atomic E-state index is 13.1. The number of allylic oxidation sites excluding steroid dienone is 1. The number of hydrogen-bond acceptors (Lipinski definition) is 5. The van der Waals surface area contributed by atoms with Crippen LogP contribution in [0.4, 0.5) is 10.5 Å². The molecule has 2 amide bonds. The third kappa shape index (κ3) is 5.54. The third-order valence-electron chi connectivity index (χ3n) is 7.89. The number of H-pyrrole nitrogens is 1. The Labute approximate surface area is 235 Å². The molecule has 3 N–H and O–H groups in total. The van der Waals surface area contributed by atoms with E-state index in [-0.39, 0.29) is 5.91 Å². The number of amides is 2. The number of ether oxygens (including phenoxy) is 1. The Morgan fingerprint density at radius 1 is 1.02 bits per heavy atom. The SMILES string of the molecule is CC(C)(C)OC(=O)N1CCC[C@H]1C(=O)Nc1ccc2c(c1)C=C(c1ccc(-c3cc([C@@H]4CCCN4)[nH]n3)cc1)C2. The summed E-state index contributed by atoms with van der Waals surface area (Å²) in [7, 11) is 0. The predicted octanol–water partition coefficient (Wildman–Crippen LogP) is 5.94. The van der Waals surface area contributed by atoms with Crippen molar-refractivity contribution in [2.75, 3.05) is 18.4 Å². The summed E-state index contributed by atoms with van der Waals surface area (Å²) < 4.78 is 5.51. The van der Waals surface area contributed by atoms with Gasteiger partial charge in [-0.2, -0.15) is 5.10 Å². The molecule has 6 rings (SSSR count). The molecule has 2 atom stereocenters. The minimum absolute atomic E-state index is 0.175. The number of carbonyl (C=O) groups excluding carboxylic acids is 2. The Hall–Kier alpha value is -3.91. The molecule has 0 spiro atoms. The molecule has 8 heteroatoms. The van der Waals surface area contributed by atoms with Crippen LogP contribution >= 0.6 is 0 Å². The molecule has 0 radical (unpaired) electrons. The molecule has 0 bridgehead atoms. The molecule has 208 valence electrons. The summed E-state index contributed by atoms with van der Waals surface area (Å²) in [6.07, 6.45) is 6.37. The standard InChI is InChI=1S/C32H37N5O3/c1-32(2,3)40-31(39)37-15-5-7-29(37)30(38)34-25-13-12-22-16-23(17-24(22)18-25)20-8-10-21(11-9-20)27-19-28(36-35-27)26-6-4-14-33-26/h8-13,17-19,26,29,33H,4-7,14-16H2,1-3H3,(H,34,38)(H,35,36)/t26-,29-/m0/s1. The van der Waals surface area contributed by atoms with Crippen molar-refractivity contribution in [1.29, 1.82) is 0 Å². The van der Waals surface area contributed by atoms with E-state index in [2.05, 4.69) is 63.3 Å². The van der Waals surface area contributed by atoms with Crippen molar-refractivity contribution in [2.45, 2.75) is 70.6 Å². The molecule has 2 fully saturated rings. The van der Waals surface area contributed by atoms with Crippen LogP contribution in [0.25, 0.3) is 22.9 Å². The van der Waals surface area contributed by atoms with Gasteiger partial charge in [-0.1, -0.05) is 36.4 Å². The van der Waals surface area contributed by atoms with Crippen LogP contribution in [0.15, 0.2) is 48.5 Å². The fourth-order valence-corrected chi connectivity index (χ4v) is 5.87. The van der Waals surface area contributed by atoms with Crippen molar-refractivity contribution >= 4 is 29.3 Å². The van der Waals surface area contributed by atoms with E-state index in [4.69, 9.17) is 4.74 Å². The molecule has 1 aliphatic carbocycles.